The molecule has 19 heavy (non-hydrogen) atoms. The van der Waals surface area contributed by atoms with E-state index in [2.05, 4.69) is 4.72 Å². The Morgan fingerprint density at radius 3 is 2.74 bits per heavy atom. The van der Waals surface area contributed by atoms with Gasteiger partial charge in [0.25, 0.3) is 0 Å². The first-order valence-electron chi connectivity index (χ1n) is 6.02. The van der Waals surface area contributed by atoms with Gasteiger partial charge >= 0.3 is 0 Å². The van der Waals surface area contributed by atoms with Crippen molar-refractivity contribution in [3.63, 3.8) is 0 Å². The van der Waals surface area contributed by atoms with Gasteiger partial charge in [-0.15, -0.1) is 0 Å². The van der Waals surface area contributed by atoms with Crippen LogP contribution in [0.3, 0.4) is 0 Å². The van der Waals surface area contributed by atoms with Crippen molar-refractivity contribution in [3.8, 4) is 0 Å². The van der Waals surface area contributed by atoms with Crippen LogP contribution < -0.4 is 10.5 Å². The Morgan fingerprint density at radius 2 is 2.16 bits per heavy atom. The highest BCUT2D eigenvalue weighted by atomic mass is 32.2. The average molecular weight is 290 g/mol. The number of hydrogen-bond acceptors (Lipinski definition) is 4. The maximum absolute atomic E-state index is 13.5. The van der Waals surface area contributed by atoms with E-state index in [4.69, 9.17) is 10.8 Å². The quantitative estimate of drug-likeness (QED) is 0.518. The number of nitrogen functional groups attached to an aromatic ring is 1. The van der Waals surface area contributed by atoms with Gasteiger partial charge < -0.3 is 10.8 Å². The smallest absolute Gasteiger partial charge is 0.243 e. The molecule has 0 saturated carbocycles. The molecular weight excluding hydrogens is 271 g/mol. The van der Waals surface area contributed by atoms with Crippen molar-refractivity contribution >= 4 is 15.7 Å². The zero-order chi connectivity index (χ0) is 14.5. The molecule has 1 aromatic carbocycles. The zero-order valence-electron chi connectivity index (χ0n) is 10.8. The predicted octanol–water partition coefficient (Wildman–Crippen LogP) is 1.09. The molecule has 5 nitrogen and oxygen atoms in total. The molecule has 0 aliphatic carbocycles. The number of anilines is 1. The van der Waals surface area contributed by atoms with Gasteiger partial charge in [-0.25, -0.2) is 17.5 Å². The summed E-state index contributed by atoms with van der Waals surface area (Å²) in [4.78, 5) is -0.406. The molecule has 0 aromatic heterocycles. The molecule has 0 aliphatic rings. The first-order valence-corrected chi connectivity index (χ1v) is 7.50. The highest BCUT2D eigenvalue weighted by Crippen LogP contribution is 2.17. The third-order valence-electron chi connectivity index (χ3n) is 2.72. The maximum atomic E-state index is 13.5. The second-order valence-electron chi connectivity index (χ2n) is 4.52. The number of sulfonamides is 1. The largest absolute Gasteiger partial charge is 0.399 e. The van der Waals surface area contributed by atoms with Crippen molar-refractivity contribution < 1.29 is 17.9 Å². The number of aliphatic hydroxyl groups excluding tert-OH is 1. The van der Waals surface area contributed by atoms with Crippen LogP contribution in [0.2, 0.25) is 0 Å². The summed E-state index contributed by atoms with van der Waals surface area (Å²) in [7, 11) is -3.86. The lowest BCUT2D eigenvalue weighted by atomic mass is 10.1. The van der Waals surface area contributed by atoms with Gasteiger partial charge in [0.15, 0.2) is 0 Å². The Labute approximate surface area is 112 Å². The van der Waals surface area contributed by atoms with Crippen LogP contribution in [-0.4, -0.2) is 26.7 Å². The van der Waals surface area contributed by atoms with E-state index in [-0.39, 0.29) is 24.8 Å². The molecule has 1 rings (SSSR count). The molecular formula is C12H19FN2O3S. The van der Waals surface area contributed by atoms with E-state index in [1.54, 1.807) is 0 Å². The zero-order valence-corrected chi connectivity index (χ0v) is 11.6. The lowest BCUT2D eigenvalue weighted by Gasteiger charge is -2.10. The fourth-order valence-corrected chi connectivity index (χ4v) is 2.69. The van der Waals surface area contributed by atoms with E-state index in [1.165, 1.54) is 6.07 Å². The highest BCUT2D eigenvalue weighted by Gasteiger charge is 2.18. The van der Waals surface area contributed by atoms with E-state index >= 15 is 0 Å². The maximum Gasteiger partial charge on any atom is 0.243 e. The monoisotopic (exact) mass is 290 g/mol. The van der Waals surface area contributed by atoms with E-state index in [0.717, 1.165) is 12.1 Å². The van der Waals surface area contributed by atoms with Crippen LogP contribution in [-0.2, 0) is 10.0 Å². The summed E-state index contributed by atoms with van der Waals surface area (Å²) in [6, 6.07) is 3.46. The van der Waals surface area contributed by atoms with Gasteiger partial charge in [0.2, 0.25) is 10.0 Å². The predicted molar refractivity (Wildman–Crippen MR) is 71.5 cm³/mol. The Morgan fingerprint density at radius 1 is 1.47 bits per heavy atom. The lowest BCUT2D eigenvalue weighted by Crippen LogP contribution is -2.26. The molecule has 0 saturated heterocycles. The van der Waals surface area contributed by atoms with E-state index in [9.17, 15) is 12.8 Å². The van der Waals surface area contributed by atoms with Gasteiger partial charge in [-0.1, -0.05) is 6.92 Å². The summed E-state index contributed by atoms with van der Waals surface area (Å²) in [5.74, 6) is -0.742. The van der Waals surface area contributed by atoms with Crippen LogP contribution in [0.5, 0.6) is 0 Å². The number of aliphatic hydroxyl groups is 1. The summed E-state index contributed by atoms with van der Waals surface area (Å²) >= 11 is 0. The molecule has 7 heteroatoms. The highest BCUT2D eigenvalue weighted by molar-refractivity contribution is 7.89. The first-order chi connectivity index (χ1) is 8.86. The fourth-order valence-electron chi connectivity index (χ4n) is 1.56. The molecule has 0 heterocycles. The molecule has 1 atom stereocenters. The minimum atomic E-state index is -3.86. The lowest BCUT2D eigenvalue weighted by molar-refractivity contribution is 0.228. The molecule has 0 aliphatic heterocycles. The molecule has 4 N–H and O–H groups in total. The fraction of sp³-hybridized carbons (Fsp3) is 0.500. The van der Waals surface area contributed by atoms with Crippen molar-refractivity contribution in [2.45, 2.75) is 24.7 Å². The minimum Gasteiger partial charge on any atom is -0.399 e. The molecule has 1 unspecified atom stereocenters. The number of halogens is 1. The van der Waals surface area contributed by atoms with E-state index in [0.29, 0.717) is 12.8 Å². The molecule has 0 radical (unpaired) electrons. The summed E-state index contributed by atoms with van der Waals surface area (Å²) < 4.78 is 39.5. The third kappa shape index (κ3) is 4.77. The topological polar surface area (TPSA) is 92.4 Å². The number of nitrogens with two attached hydrogens (primary N) is 1. The molecule has 1 aromatic rings. The van der Waals surface area contributed by atoms with Gasteiger partial charge in [-0.2, -0.15) is 0 Å². The molecule has 108 valence electrons. The van der Waals surface area contributed by atoms with Crippen LogP contribution in [0.25, 0.3) is 0 Å². The van der Waals surface area contributed by atoms with Gasteiger partial charge in [0.1, 0.15) is 10.7 Å². The van der Waals surface area contributed by atoms with Gasteiger partial charge in [0, 0.05) is 18.8 Å². The molecule has 0 bridgehead atoms. The minimum absolute atomic E-state index is 0.0688. The van der Waals surface area contributed by atoms with Gasteiger partial charge in [-0.05, 0) is 37.0 Å². The number of benzene rings is 1. The second kappa shape index (κ2) is 6.83. The van der Waals surface area contributed by atoms with Crippen molar-refractivity contribution in [1.82, 2.24) is 4.72 Å². The van der Waals surface area contributed by atoms with Crippen LogP contribution in [0.15, 0.2) is 23.1 Å². The van der Waals surface area contributed by atoms with Crippen molar-refractivity contribution in [3.05, 3.63) is 24.0 Å². The Hall–Kier alpha value is -1.18. The van der Waals surface area contributed by atoms with Crippen LogP contribution >= 0.6 is 0 Å². The third-order valence-corrected chi connectivity index (χ3v) is 4.22. The van der Waals surface area contributed by atoms with Crippen LogP contribution in [0.1, 0.15) is 19.8 Å². The number of nitrogens with one attached hydrogen (secondary N) is 1. The summed E-state index contributed by atoms with van der Waals surface area (Å²) in [6.07, 6.45) is 1.28. The van der Waals surface area contributed by atoms with Crippen molar-refractivity contribution in [1.29, 1.82) is 0 Å². The van der Waals surface area contributed by atoms with Gasteiger partial charge in [0.05, 0.1) is 0 Å². The summed E-state index contributed by atoms with van der Waals surface area (Å²) in [5.41, 5.74) is 5.54. The molecule has 0 spiro atoms. The summed E-state index contributed by atoms with van der Waals surface area (Å²) in [6.45, 7) is 2.14. The second-order valence-corrected chi connectivity index (χ2v) is 6.25. The SMILES string of the molecule is CC(CO)CCCNS(=O)(=O)c1ccc(N)cc1F. The van der Waals surface area contributed by atoms with Crippen molar-refractivity contribution in [2.75, 3.05) is 18.9 Å². The van der Waals surface area contributed by atoms with Crippen LogP contribution in [0, 0.1) is 11.7 Å². The average Bonchev–Trinajstić information content (AvgIpc) is 2.33. The standard InChI is InChI=1S/C12H19FN2O3S/c1-9(8-16)3-2-6-15-19(17,18)12-5-4-10(14)7-11(12)13/h4-5,7,9,15-16H,2-3,6,8,14H2,1H3. The van der Waals surface area contributed by atoms with Gasteiger partial charge in [-0.3, -0.25) is 0 Å². The Kier molecular flexibility index (Phi) is 5.71. The molecule has 0 amide bonds. The Bertz CT molecular complexity index is 520. The normalized spacial score (nSPS) is 13.4. The Balaban J connectivity index is 2.61. The van der Waals surface area contributed by atoms with Crippen molar-refractivity contribution in [2.24, 2.45) is 5.92 Å². The number of rotatable bonds is 7. The first kappa shape index (κ1) is 15.9. The van der Waals surface area contributed by atoms with E-state index < -0.39 is 20.7 Å². The molecule has 0 fully saturated rings. The summed E-state index contributed by atoms with van der Waals surface area (Å²) in [5, 5.41) is 8.83. The van der Waals surface area contributed by atoms with E-state index in [1.807, 2.05) is 6.92 Å². The number of hydrogen-bond donors (Lipinski definition) is 3. The van der Waals surface area contributed by atoms with Crippen LogP contribution in [0.4, 0.5) is 10.1 Å².